The monoisotopic (exact) mass is 235 g/mol. The lowest BCUT2D eigenvalue weighted by Crippen LogP contribution is -2.31. The predicted octanol–water partition coefficient (Wildman–Crippen LogP) is 0.0675. The number of rotatable bonds is 7. The summed E-state index contributed by atoms with van der Waals surface area (Å²) in [5, 5.41) is 6.72. The third kappa shape index (κ3) is 6.46. The molecule has 0 aromatic rings. The van der Waals surface area contributed by atoms with Gasteiger partial charge < -0.3 is 10.6 Å². The van der Waals surface area contributed by atoms with E-state index in [2.05, 4.69) is 0 Å². The van der Waals surface area contributed by atoms with Gasteiger partial charge in [0.25, 0.3) is 0 Å². The molecule has 0 aromatic carbocycles. The minimum Gasteiger partial charge on any atom is -0.388 e. The minimum atomic E-state index is -2.96. The van der Waals surface area contributed by atoms with Crippen molar-refractivity contribution >= 4 is 15.7 Å². The Morgan fingerprint density at radius 2 is 1.93 bits per heavy atom. The highest BCUT2D eigenvalue weighted by Crippen LogP contribution is 2.01. The summed E-state index contributed by atoms with van der Waals surface area (Å²) in [6.07, 6.45) is 0.484. The molecule has 3 N–H and O–H groups in total. The molecule has 0 unspecified atom stereocenters. The van der Waals surface area contributed by atoms with Crippen molar-refractivity contribution in [2.24, 2.45) is 5.73 Å². The van der Waals surface area contributed by atoms with Crippen molar-refractivity contribution in [3.8, 4) is 0 Å². The molecule has 0 bridgehead atoms. The zero-order valence-electron chi connectivity index (χ0n) is 9.66. The average molecular weight is 235 g/mol. The minimum absolute atomic E-state index is 0.133. The second-order valence-electron chi connectivity index (χ2n) is 3.99. The summed E-state index contributed by atoms with van der Waals surface area (Å²) >= 11 is 0. The van der Waals surface area contributed by atoms with Crippen molar-refractivity contribution in [2.75, 3.05) is 25.9 Å². The lowest BCUT2D eigenvalue weighted by atomic mass is 10.4. The van der Waals surface area contributed by atoms with E-state index in [1.165, 1.54) is 0 Å². The van der Waals surface area contributed by atoms with Crippen molar-refractivity contribution in [3.63, 3.8) is 0 Å². The molecule has 0 aliphatic carbocycles. The van der Waals surface area contributed by atoms with E-state index >= 15 is 0 Å². The average Bonchev–Trinajstić information content (AvgIpc) is 2.11. The van der Waals surface area contributed by atoms with Crippen LogP contribution in [0.15, 0.2) is 0 Å². The van der Waals surface area contributed by atoms with Crippen molar-refractivity contribution in [2.45, 2.75) is 25.5 Å². The second-order valence-corrected chi connectivity index (χ2v) is 6.67. The molecule has 0 atom stereocenters. The van der Waals surface area contributed by atoms with Gasteiger partial charge in [0, 0.05) is 19.5 Å². The Labute approximate surface area is 92.1 Å². The van der Waals surface area contributed by atoms with Gasteiger partial charge in [-0.25, -0.2) is 8.42 Å². The maximum Gasteiger partial charge on any atom is 0.153 e. The zero-order valence-corrected chi connectivity index (χ0v) is 10.5. The van der Waals surface area contributed by atoms with Crippen LogP contribution < -0.4 is 5.73 Å². The summed E-state index contributed by atoms with van der Waals surface area (Å²) in [5.41, 5.74) is 5.21. The molecule has 6 heteroatoms. The SMILES string of the molecule is CC(C)S(=O)(=O)CCN(C)CCC(=N)N. The highest BCUT2D eigenvalue weighted by molar-refractivity contribution is 7.92. The highest BCUT2D eigenvalue weighted by atomic mass is 32.2. The first-order valence-electron chi connectivity index (χ1n) is 4.98. The van der Waals surface area contributed by atoms with Crippen LogP contribution in [0.2, 0.25) is 0 Å². The van der Waals surface area contributed by atoms with Gasteiger partial charge in [-0.15, -0.1) is 0 Å². The Morgan fingerprint density at radius 1 is 1.40 bits per heavy atom. The molecular formula is C9H21N3O2S. The molecule has 0 aliphatic rings. The summed E-state index contributed by atoms with van der Waals surface area (Å²) in [5.74, 6) is 0.299. The standard InChI is InChI=1S/C9H21N3O2S/c1-8(2)15(13,14)7-6-12(3)5-4-9(10)11/h8H,4-7H2,1-3H3,(H3,10,11). The molecule has 5 nitrogen and oxygen atoms in total. The van der Waals surface area contributed by atoms with E-state index in [9.17, 15) is 8.42 Å². The van der Waals surface area contributed by atoms with Crippen LogP contribution in [-0.2, 0) is 9.84 Å². The van der Waals surface area contributed by atoms with Gasteiger partial charge in [0.1, 0.15) is 0 Å². The highest BCUT2D eigenvalue weighted by Gasteiger charge is 2.16. The topological polar surface area (TPSA) is 87.2 Å². The fourth-order valence-electron chi connectivity index (χ4n) is 0.942. The maximum atomic E-state index is 11.5. The Kier molecular flexibility index (Phi) is 5.82. The van der Waals surface area contributed by atoms with Gasteiger partial charge in [-0.1, -0.05) is 0 Å². The third-order valence-corrected chi connectivity index (χ3v) is 4.43. The van der Waals surface area contributed by atoms with E-state index in [4.69, 9.17) is 11.1 Å². The molecule has 0 saturated heterocycles. The van der Waals surface area contributed by atoms with Gasteiger partial charge in [-0.3, -0.25) is 5.41 Å². The Balaban J connectivity index is 3.91. The molecule has 90 valence electrons. The third-order valence-electron chi connectivity index (χ3n) is 2.24. The first-order valence-corrected chi connectivity index (χ1v) is 6.70. The smallest absolute Gasteiger partial charge is 0.153 e. The summed E-state index contributed by atoms with van der Waals surface area (Å²) in [4.78, 5) is 1.88. The number of hydrogen-bond donors (Lipinski definition) is 2. The summed E-state index contributed by atoms with van der Waals surface area (Å²) in [6, 6.07) is 0. The van der Waals surface area contributed by atoms with Gasteiger partial charge in [0.15, 0.2) is 9.84 Å². The van der Waals surface area contributed by atoms with Crippen LogP contribution in [0.5, 0.6) is 0 Å². The van der Waals surface area contributed by atoms with Crippen LogP contribution in [0.25, 0.3) is 0 Å². The number of hydrogen-bond acceptors (Lipinski definition) is 4. The van der Waals surface area contributed by atoms with E-state index in [0.717, 1.165) is 0 Å². The molecule has 0 heterocycles. The lowest BCUT2D eigenvalue weighted by Gasteiger charge is -2.16. The molecule has 0 amide bonds. The Morgan fingerprint density at radius 3 is 2.33 bits per heavy atom. The maximum absolute atomic E-state index is 11.5. The molecule has 0 fully saturated rings. The van der Waals surface area contributed by atoms with Crippen LogP contribution in [0.4, 0.5) is 0 Å². The van der Waals surface area contributed by atoms with Gasteiger partial charge in [-0.05, 0) is 20.9 Å². The first-order chi connectivity index (χ1) is 6.75. The fraction of sp³-hybridized carbons (Fsp3) is 0.889. The number of amidine groups is 1. The summed E-state index contributed by atoms with van der Waals surface area (Å²) < 4.78 is 23.0. The van der Waals surface area contributed by atoms with Crippen LogP contribution in [0.1, 0.15) is 20.3 Å². The second kappa shape index (κ2) is 6.07. The van der Waals surface area contributed by atoms with E-state index < -0.39 is 9.84 Å². The molecular weight excluding hydrogens is 214 g/mol. The van der Waals surface area contributed by atoms with E-state index in [1.807, 2.05) is 11.9 Å². The number of nitrogens with one attached hydrogen (secondary N) is 1. The van der Waals surface area contributed by atoms with Crippen LogP contribution in [0, 0.1) is 5.41 Å². The van der Waals surface area contributed by atoms with Gasteiger partial charge in [-0.2, -0.15) is 0 Å². The van der Waals surface area contributed by atoms with E-state index in [-0.39, 0.29) is 16.8 Å². The van der Waals surface area contributed by atoms with Crippen molar-refractivity contribution in [3.05, 3.63) is 0 Å². The van der Waals surface area contributed by atoms with Crippen molar-refractivity contribution < 1.29 is 8.42 Å². The molecule has 15 heavy (non-hydrogen) atoms. The normalized spacial score (nSPS) is 12.3. The number of nitrogens with zero attached hydrogens (tertiary/aromatic N) is 1. The van der Waals surface area contributed by atoms with E-state index in [0.29, 0.717) is 19.5 Å². The number of nitrogens with two attached hydrogens (primary N) is 1. The quantitative estimate of drug-likeness (QED) is 0.483. The van der Waals surface area contributed by atoms with Crippen molar-refractivity contribution in [1.29, 1.82) is 5.41 Å². The summed E-state index contributed by atoms with van der Waals surface area (Å²) in [6.45, 7) is 4.49. The lowest BCUT2D eigenvalue weighted by molar-refractivity contribution is 0.363. The Hall–Kier alpha value is -0.620. The Bertz CT molecular complexity index is 298. The molecule has 0 radical (unpaired) electrons. The zero-order chi connectivity index (χ0) is 12.1. The molecule has 0 rings (SSSR count). The van der Waals surface area contributed by atoms with Crippen LogP contribution in [-0.4, -0.2) is 50.3 Å². The molecule has 0 spiro atoms. The van der Waals surface area contributed by atoms with E-state index in [1.54, 1.807) is 13.8 Å². The van der Waals surface area contributed by atoms with Crippen molar-refractivity contribution in [1.82, 2.24) is 4.90 Å². The van der Waals surface area contributed by atoms with Gasteiger partial charge in [0.2, 0.25) is 0 Å². The van der Waals surface area contributed by atoms with Gasteiger partial charge in [0.05, 0.1) is 16.8 Å². The first kappa shape index (κ1) is 14.4. The molecule has 0 aliphatic heterocycles. The van der Waals surface area contributed by atoms with Gasteiger partial charge >= 0.3 is 0 Å². The molecule has 0 aromatic heterocycles. The number of sulfone groups is 1. The predicted molar refractivity (Wildman–Crippen MR) is 63.0 cm³/mol. The van der Waals surface area contributed by atoms with Crippen LogP contribution >= 0.6 is 0 Å². The fourth-order valence-corrected chi connectivity index (χ4v) is 1.98. The van der Waals surface area contributed by atoms with Crippen LogP contribution in [0.3, 0.4) is 0 Å². The molecule has 0 saturated carbocycles. The summed E-state index contributed by atoms with van der Waals surface area (Å²) in [7, 11) is -1.13. The largest absolute Gasteiger partial charge is 0.388 e.